The first kappa shape index (κ1) is 21.3. The second kappa shape index (κ2) is 9.89. The Hall–Kier alpha value is -2.38. The van der Waals surface area contributed by atoms with Crippen molar-refractivity contribution in [3.05, 3.63) is 116 Å². The van der Waals surface area contributed by atoms with Crippen LogP contribution in [-0.2, 0) is 17.2 Å². The van der Waals surface area contributed by atoms with Crippen LogP contribution in [0.15, 0.2) is 107 Å². The van der Waals surface area contributed by atoms with Crippen LogP contribution in [0.1, 0.15) is 11.1 Å². The zero-order chi connectivity index (χ0) is 19.3. The summed E-state index contributed by atoms with van der Waals surface area (Å²) in [6.45, 7) is 0. The second-order valence-electron chi connectivity index (χ2n) is 6.30. The van der Waals surface area contributed by atoms with Gasteiger partial charge in [0, 0.05) is 16.5 Å². The fraction of sp³-hybridized carbons (Fsp3) is 0. The molecule has 0 amide bonds. The number of benzene rings is 4. The van der Waals surface area contributed by atoms with E-state index in [1.807, 2.05) is 60.7 Å². The van der Waals surface area contributed by atoms with Gasteiger partial charge in [-0.15, -0.1) is 0 Å². The molecule has 1 aliphatic carbocycles. The van der Waals surface area contributed by atoms with Crippen molar-refractivity contribution in [2.45, 2.75) is 0 Å². The molecular formula is C25H19BrN2Pd. The van der Waals surface area contributed by atoms with Gasteiger partial charge < -0.3 is 7.43 Å². The van der Waals surface area contributed by atoms with E-state index in [0.29, 0.717) is 0 Å². The van der Waals surface area contributed by atoms with E-state index in [1.165, 1.54) is 10.8 Å². The van der Waals surface area contributed by atoms with Crippen LogP contribution in [0.5, 0.6) is 0 Å². The van der Waals surface area contributed by atoms with E-state index >= 15 is 0 Å². The molecule has 0 fully saturated rings. The van der Waals surface area contributed by atoms with Crippen LogP contribution >= 0.6 is 13.4 Å². The Labute approximate surface area is 189 Å². The normalized spacial score (nSPS) is 14.4. The van der Waals surface area contributed by atoms with Gasteiger partial charge in [-0.1, -0.05) is 72.8 Å². The zero-order valence-electron chi connectivity index (χ0n) is 15.8. The van der Waals surface area contributed by atoms with Crippen LogP contribution in [0.3, 0.4) is 0 Å². The monoisotopic (exact) mass is 532 g/mol. The maximum absolute atomic E-state index is 4.96. The molecule has 0 saturated carbocycles. The van der Waals surface area contributed by atoms with Gasteiger partial charge in [0.05, 0.1) is 22.8 Å². The van der Waals surface area contributed by atoms with Gasteiger partial charge >= 0.3 is 30.6 Å². The van der Waals surface area contributed by atoms with Gasteiger partial charge in [-0.2, -0.15) is 0 Å². The predicted molar refractivity (Wildman–Crippen MR) is 125 cm³/mol. The molecule has 0 N–H and O–H groups in total. The first-order chi connectivity index (χ1) is 13.9. The molecule has 4 aromatic rings. The Balaban J connectivity index is 0.000000778. The van der Waals surface area contributed by atoms with Crippen molar-refractivity contribution in [1.29, 1.82) is 0 Å². The third kappa shape index (κ3) is 4.31. The molecule has 146 valence electrons. The summed E-state index contributed by atoms with van der Waals surface area (Å²) in [5, 5.41) is 2.46. The molecular weight excluding hydrogens is 515 g/mol. The maximum Gasteiger partial charge on any atom is 0.0978 e. The van der Waals surface area contributed by atoms with Gasteiger partial charge in [0.1, 0.15) is 0 Å². The average Bonchev–Trinajstić information content (AvgIpc) is 3.06. The van der Waals surface area contributed by atoms with Crippen molar-refractivity contribution >= 4 is 47.0 Å². The van der Waals surface area contributed by atoms with E-state index in [-0.39, 0.29) is 7.43 Å². The van der Waals surface area contributed by atoms with Crippen molar-refractivity contribution in [2.24, 2.45) is 9.98 Å². The topological polar surface area (TPSA) is 24.7 Å². The van der Waals surface area contributed by atoms with Crippen LogP contribution in [0.4, 0.5) is 11.4 Å². The minimum atomic E-state index is 0. The molecule has 0 aromatic heterocycles. The van der Waals surface area contributed by atoms with Crippen molar-refractivity contribution in [3.63, 3.8) is 0 Å². The van der Waals surface area contributed by atoms with E-state index in [1.54, 1.807) is 0 Å². The number of nitrogens with zero attached hydrogens (tertiary/aromatic N) is 2. The molecule has 5 rings (SSSR count). The molecule has 4 aromatic carbocycles. The Bertz CT molecular complexity index is 1080. The summed E-state index contributed by atoms with van der Waals surface area (Å²) in [6, 6.07) is 32.9. The summed E-state index contributed by atoms with van der Waals surface area (Å²) >= 11 is 5.35. The molecule has 0 spiro atoms. The third-order valence-corrected chi connectivity index (χ3v) is 4.63. The summed E-state index contributed by atoms with van der Waals surface area (Å²) < 4.78 is 0. The van der Waals surface area contributed by atoms with Gasteiger partial charge in [0.15, 0.2) is 0 Å². The van der Waals surface area contributed by atoms with Crippen molar-refractivity contribution in [3.8, 4) is 0 Å². The van der Waals surface area contributed by atoms with Crippen molar-refractivity contribution in [1.82, 2.24) is 0 Å². The second-order valence-corrected chi connectivity index (χ2v) is 6.30. The number of aliphatic imine (C=N–C) groups is 2. The third-order valence-electron chi connectivity index (χ3n) is 4.63. The zero-order valence-corrected chi connectivity index (χ0v) is 19.0. The summed E-state index contributed by atoms with van der Waals surface area (Å²) in [7, 11) is 0. The molecule has 0 aliphatic heterocycles. The molecule has 1 aliphatic rings. The number of halogens is 1. The molecule has 0 atom stereocenters. The van der Waals surface area contributed by atoms with E-state index in [9.17, 15) is 0 Å². The van der Waals surface area contributed by atoms with Crippen LogP contribution < -0.4 is 0 Å². The smallest absolute Gasteiger partial charge is 0.0978 e. The number of hydrogen-bond acceptors (Lipinski definition) is 2. The van der Waals surface area contributed by atoms with Crippen LogP contribution in [0.25, 0.3) is 10.8 Å². The van der Waals surface area contributed by atoms with E-state index in [2.05, 4.69) is 67.0 Å². The molecule has 2 nitrogen and oxygen atoms in total. The van der Waals surface area contributed by atoms with Gasteiger partial charge in [0.25, 0.3) is 0 Å². The molecule has 0 saturated heterocycles. The maximum atomic E-state index is 4.96. The van der Waals surface area contributed by atoms with Gasteiger partial charge in [-0.25, -0.2) is 9.98 Å². The fourth-order valence-corrected chi connectivity index (χ4v) is 3.48. The van der Waals surface area contributed by atoms with Gasteiger partial charge in [0.2, 0.25) is 0 Å². The quantitative estimate of drug-likeness (QED) is 0.190. The summed E-state index contributed by atoms with van der Waals surface area (Å²) in [5.74, 6) is 0. The van der Waals surface area contributed by atoms with Gasteiger partial charge in [-0.05, 0) is 29.7 Å². The van der Waals surface area contributed by atoms with E-state index in [4.69, 9.17) is 9.98 Å². The molecule has 4 heteroatoms. The van der Waals surface area contributed by atoms with Crippen LogP contribution in [0, 0.1) is 7.43 Å². The predicted octanol–water partition coefficient (Wildman–Crippen LogP) is 7.39. The Morgan fingerprint density at radius 1 is 0.517 bits per heavy atom. The first-order valence-corrected chi connectivity index (χ1v) is 12.4. The van der Waals surface area contributed by atoms with Crippen molar-refractivity contribution < 1.29 is 17.2 Å². The first-order valence-electron chi connectivity index (χ1n) is 8.82. The SMILES string of the molecule is [Br][Pd+].[CH3-].c1ccc(N=C2C(=Nc3ccccc3)c3cccc4cccc2c34)cc1. The molecule has 0 bridgehead atoms. The standard InChI is InChI=1S/C24H16N2.CH3.BrH.Pd/c1-3-11-18(12-4-1)25-23-20-15-7-9-17-10-8-16-21(22(17)20)24(23)26-19-13-5-2-6-14-19;;;/h1-16H;1H3;1H;/q;-1;;+2/p-1. The Morgan fingerprint density at radius 3 is 1.34 bits per heavy atom. The molecule has 0 radical (unpaired) electrons. The summed E-state index contributed by atoms with van der Waals surface area (Å²) in [6.07, 6.45) is 0. The van der Waals surface area contributed by atoms with Crippen LogP contribution in [-0.4, -0.2) is 11.4 Å². The van der Waals surface area contributed by atoms with E-state index in [0.717, 1.165) is 33.9 Å². The molecule has 0 heterocycles. The minimum absolute atomic E-state index is 0. The van der Waals surface area contributed by atoms with Gasteiger partial charge in [-0.3, -0.25) is 0 Å². The summed E-state index contributed by atoms with van der Waals surface area (Å²) in [4.78, 5) is 9.92. The minimum Gasteiger partial charge on any atom is -0.358 e. The van der Waals surface area contributed by atoms with Crippen molar-refractivity contribution in [2.75, 3.05) is 0 Å². The molecule has 29 heavy (non-hydrogen) atoms. The average molecular weight is 534 g/mol. The largest absolute Gasteiger partial charge is 0.358 e. The fourth-order valence-electron chi connectivity index (χ4n) is 3.48. The number of rotatable bonds is 2. The Morgan fingerprint density at radius 2 is 0.931 bits per heavy atom. The Kier molecular flexibility index (Phi) is 7.28. The number of para-hydroxylation sites is 2. The number of hydrogen-bond donors (Lipinski definition) is 0. The molecule has 0 unspecified atom stereocenters. The van der Waals surface area contributed by atoms with E-state index < -0.39 is 0 Å². The van der Waals surface area contributed by atoms with Crippen LogP contribution in [0.2, 0.25) is 0 Å². The summed E-state index contributed by atoms with van der Waals surface area (Å²) in [5.41, 5.74) is 6.05.